The molecule has 0 saturated heterocycles. The summed E-state index contributed by atoms with van der Waals surface area (Å²) in [7, 11) is 2.80. The van der Waals surface area contributed by atoms with Crippen molar-refractivity contribution in [3.63, 3.8) is 0 Å². The van der Waals surface area contributed by atoms with Crippen LogP contribution in [0.15, 0.2) is 18.2 Å². The van der Waals surface area contributed by atoms with Gasteiger partial charge in [0.25, 0.3) is 0 Å². The molecular formula is C12H17N3O5. The van der Waals surface area contributed by atoms with Crippen LogP contribution < -0.4 is 15.8 Å². The molecule has 0 bridgehead atoms. The molecule has 0 aliphatic rings. The number of nitrogens with zero attached hydrogens (tertiary/aromatic N) is 1. The quantitative estimate of drug-likeness (QED) is 0.567. The lowest BCUT2D eigenvalue weighted by Crippen LogP contribution is -2.28. The number of nitrogens with one attached hydrogen (secondary N) is 1. The highest BCUT2D eigenvalue weighted by Gasteiger charge is 2.17. The number of hydrogen-bond donors (Lipinski definition) is 2. The predicted molar refractivity (Wildman–Crippen MR) is 72.7 cm³/mol. The molecule has 0 spiro atoms. The molecule has 1 aromatic carbocycles. The van der Waals surface area contributed by atoms with Crippen LogP contribution in [0.3, 0.4) is 0 Å². The fraction of sp³-hybridized carbons (Fsp3) is 0.417. The lowest BCUT2D eigenvalue weighted by Gasteiger charge is -2.12. The van der Waals surface area contributed by atoms with Crippen molar-refractivity contribution in [1.82, 2.24) is 0 Å². The SMILES string of the molecule is COc1ccc(NC(=O)CC(CN)OC)cc1[N+](=O)[O-]. The molecule has 110 valence electrons. The Kier molecular flexibility index (Phi) is 5.88. The molecular weight excluding hydrogens is 266 g/mol. The third kappa shape index (κ3) is 4.18. The highest BCUT2D eigenvalue weighted by molar-refractivity contribution is 5.91. The summed E-state index contributed by atoms with van der Waals surface area (Å²) in [6, 6.07) is 4.18. The van der Waals surface area contributed by atoms with Crippen molar-refractivity contribution in [3.05, 3.63) is 28.3 Å². The minimum absolute atomic E-state index is 0.0762. The largest absolute Gasteiger partial charge is 0.490 e. The van der Waals surface area contributed by atoms with Crippen molar-refractivity contribution < 1.29 is 19.2 Å². The molecule has 0 aliphatic carbocycles. The number of nitro benzene ring substituents is 1. The van der Waals surface area contributed by atoms with Gasteiger partial charge in [0.05, 0.1) is 24.6 Å². The van der Waals surface area contributed by atoms with E-state index in [2.05, 4.69) is 5.32 Å². The van der Waals surface area contributed by atoms with E-state index in [1.54, 1.807) is 0 Å². The van der Waals surface area contributed by atoms with Gasteiger partial charge in [-0.05, 0) is 12.1 Å². The van der Waals surface area contributed by atoms with Crippen molar-refractivity contribution in [3.8, 4) is 5.75 Å². The summed E-state index contributed by atoms with van der Waals surface area (Å²) in [5.41, 5.74) is 5.51. The maximum atomic E-state index is 11.7. The third-order valence-electron chi connectivity index (χ3n) is 2.67. The Morgan fingerprint density at radius 2 is 2.20 bits per heavy atom. The van der Waals surface area contributed by atoms with Gasteiger partial charge in [0.15, 0.2) is 5.75 Å². The second-order valence-electron chi connectivity index (χ2n) is 3.99. The second-order valence-corrected chi connectivity index (χ2v) is 3.99. The first kappa shape index (κ1) is 15.9. The average molecular weight is 283 g/mol. The van der Waals surface area contributed by atoms with Crippen LogP contribution in [0.1, 0.15) is 6.42 Å². The summed E-state index contributed by atoms with van der Waals surface area (Å²) in [5.74, 6) is -0.202. The van der Waals surface area contributed by atoms with Gasteiger partial charge in [0.1, 0.15) is 0 Å². The summed E-state index contributed by atoms with van der Waals surface area (Å²) in [4.78, 5) is 22.0. The van der Waals surface area contributed by atoms with Crippen LogP contribution in [-0.4, -0.2) is 37.7 Å². The zero-order chi connectivity index (χ0) is 15.1. The Morgan fingerprint density at radius 1 is 1.50 bits per heavy atom. The van der Waals surface area contributed by atoms with Gasteiger partial charge in [-0.25, -0.2) is 0 Å². The van der Waals surface area contributed by atoms with E-state index in [0.29, 0.717) is 5.69 Å². The van der Waals surface area contributed by atoms with Crippen molar-refractivity contribution in [2.24, 2.45) is 5.73 Å². The van der Waals surface area contributed by atoms with Crippen LogP contribution in [0.5, 0.6) is 5.75 Å². The molecule has 0 radical (unpaired) electrons. The van der Waals surface area contributed by atoms with Crippen LogP contribution in [0.2, 0.25) is 0 Å². The highest BCUT2D eigenvalue weighted by Crippen LogP contribution is 2.29. The monoisotopic (exact) mass is 283 g/mol. The van der Waals surface area contributed by atoms with Crippen LogP contribution in [0.4, 0.5) is 11.4 Å². The van der Waals surface area contributed by atoms with Crippen molar-refractivity contribution in [1.29, 1.82) is 0 Å². The summed E-state index contributed by atoms with van der Waals surface area (Å²) in [6.45, 7) is 0.215. The number of benzene rings is 1. The van der Waals surface area contributed by atoms with E-state index in [-0.39, 0.29) is 36.4 Å². The number of hydrogen-bond acceptors (Lipinski definition) is 6. The summed E-state index contributed by atoms with van der Waals surface area (Å²) in [5, 5.41) is 13.4. The minimum atomic E-state index is -0.577. The Hall–Kier alpha value is -2.19. The van der Waals surface area contributed by atoms with Gasteiger partial charge >= 0.3 is 5.69 Å². The fourth-order valence-electron chi connectivity index (χ4n) is 1.59. The standard InChI is InChI=1S/C12H17N3O5/c1-19-9(7-13)6-12(16)14-8-3-4-11(20-2)10(5-8)15(17)18/h3-5,9H,6-7,13H2,1-2H3,(H,14,16). The van der Waals surface area contributed by atoms with E-state index in [4.69, 9.17) is 15.2 Å². The van der Waals surface area contributed by atoms with Gasteiger partial charge in [-0.15, -0.1) is 0 Å². The summed E-state index contributed by atoms with van der Waals surface area (Å²) in [6.07, 6.45) is -0.310. The number of carbonyl (C=O) groups excluding carboxylic acids is 1. The lowest BCUT2D eigenvalue weighted by molar-refractivity contribution is -0.385. The van der Waals surface area contributed by atoms with Crippen LogP contribution in [0.25, 0.3) is 0 Å². The van der Waals surface area contributed by atoms with Crippen LogP contribution in [0, 0.1) is 10.1 Å². The van der Waals surface area contributed by atoms with E-state index >= 15 is 0 Å². The molecule has 0 aromatic heterocycles. The number of methoxy groups -OCH3 is 2. The van der Waals surface area contributed by atoms with E-state index in [1.807, 2.05) is 0 Å². The lowest BCUT2D eigenvalue weighted by atomic mass is 10.2. The van der Waals surface area contributed by atoms with Gasteiger partial charge in [-0.1, -0.05) is 0 Å². The molecule has 1 aromatic rings. The molecule has 1 unspecified atom stereocenters. The predicted octanol–water partition coefficient (Wildman–Crippen LogP) is 0.906. The Balaban J connectivity index is 2.80. The zero-order valence-corrected chi connectivity index (χ0v) is 11.3. The Labute approximate surface area is 116 Å². The van der Waals surface area contributed by atoms with Gasteiger partial charge in [0.2, 0.25) is 5.91 Å². The third-order valence-corrected chi connectivity index (χ3v) is 2.67. The zero-order valence-electron chi connectivity index (χ0n) is 11.3. The highest BCUT2D eigenvalue weighted by atomic mass is 16.6. The molecule has 1 amide bonds. The first-order valence-corrected chi connectivity index (χ1v) is 5.87. The number of rotatable bonds is 7. The number of amides is 1. The molecule has 1 atom stereocenters. The molecule has 20 heavy (non-hydrogen) atoms. The van der Waals surface area contributed by atoms with Crippen LogP contribution >= 0.6 is 0 Å². The average Bonchev–Trinajstić information content (AvgIpc) is 2.44. The molecule has 8 heteroatoms. The number of nitrogens with two attached hydrogens (primary N) is 1. The Bertz CT molecular complexity index is 488. The normalized spacial score (nSPS) is 11.8. The first-order chi connectivity index (χ1) is 9.51. The van der Waals surface area contributed by atoms with E-state index in [0.717, 1.165) is 0 Å². The van der Waals surface area contributed by atoms with Crippen molar-refractivity contribution in [2.75, 3.05) is 26.1 Å². The van der Waals surface area contributed by atoms with Gasteiger partial charge in [-0.3, -0.25) is 14.9 Å². The summed E-state index contributed by atoms with van der Waals surface area (Å²) < 4.78 is 9.87. The number of nitro groups is 1. The van der Waals surface area contributed by atoms with E-state index in [9.17, 15) is 14.9 Å². The topological polar surface area (TPSA) is 117 Å². The molecule has 0 aliphatic heterocycles. The molecule has 8 nitrogen and oxygen atoms in total. The van der Waals surface area contributed by atoms with Crippen molar-refractivity contribution >= 4 is 17.3 Å². The maximum absolute atomic E-state index is 11.7. The molecule has 0 fully saturated rings. The van der Waals surface area contributed by atoms with Crippen molar-refractivity contribution in [2.45, 2.75) is 12.5 Å². The van der Waals surface area contributed by atoms with Gasteiger partial charge < -0.3 is 20.5 Å². The molecule has 0 heterocycles. The molecule has 3 N–H and O–H groups in total. The smallest absolute Gasteiger partial charge is 0.312 e. The van der Waals surface area contributed by atoms with Gasteiger partial charge in [0, 0.05) is 25.4 Å². The molecule has 1 rings (SSSR count). The number of ether oxygens (including phenoxy) is 2. The summed E-state index contributed by atoms with van der Waals surface area (Å²) >= 11 is 0. The Morgan fingerprint density at radius 3 is 2.70 bits per heavy atom. The number of anilines is 1. The van der Waals surface area contributed by atoms with E-state index in [1.165, 1.54) is 32.4 Å². The number of carbonyl (C=O) groups is 1. The minimum Gasteiger partial charge on any atom is -0.490 e. The fourth-order valence-corrected chi connectivity index (χ4v) is 1.59. The maximum Gasteiger partial charge on any atom is 0.312 e. The first-order valence-electron chi connectivity index (χ1n) is 5.87. The molecule has 0 saturated carbocycles. The van der Waals surface area contributed by atoms with Gasteiger partial charge in [-0.2, -0.15) is 0 Å². The van der Waals surface area contributed by atoms with Crippen LogP contribution in [-0.2, 0) is 9.53 Å². The van der Waals surface area contributed by atoms with E-state index < -0.39 is 4.92 Å². The second kappa shape index (κ2) is 7.41.